The molecule has 0 radical (unpaired) electrons. The van der Waals surface area contributed by atoms with E-state index in [1.54, 1.807) is 14.2 Å². The van der Waals surface area contributed by atoms with Gasteiger partial charge in [0.05, 0.1) is 20.8 Å². The summed E-state index contributed by atoms with van der Waals surface area (Å²) in [5.41, 5.74) is 5.15. The van der Waals surface area contributed by atoms with E-state index in [9.17, 15) is 5.11 Å². The first-order valence-corrected chi connectivity index (χ1v) is 9.88. The van der Waals surface area contributed by atoms with Gasteiger partial charge in [0.25, 0.3) is 0 Å². The van der Waals surface area contributed by atoms with Crippen molar-refractivity contribution in [1.29, 1.82) is 0 Å². The van der Waals surface area contributed by atoms with Crippen LogP contribution < -0.4 is 14.8 Å². The van der Waals surface area contributed by atoms with Crippen LogP contribution in [0.4, 0.5) is 0 Å². The number of fused-ring (bicyclic) bond motifs is 2. The van der Waals surface area contributed by atoms with E-state index < -0.39 is 0 Å². The van der Waals surface area contributed by atoms with Crippen LogP contribution in [-0.4, -0.2) is 32.5 Å². The third kappa shape index (κ3) is 3.21. The molecule has 0 heterocycles. The van der Waals surface area contributed by atoms with Crippen molar-refractivity contribution in [1.82, 2.24) is 5.32 Å². The molecule has 4 nitrogen and oxygen atoms in total. The van der Waals surface area contributed by atoms with Gasteiger partial charge in [-0.15, -0.1) is 0 Å². The monoisotopic (exact) mass is 367 g/mol. The lowest BCUT2D eigenvalue weighted by atomic mass is 9.81. The minimum absolute atomic E-state index is 0.176. The zero-order valence-corrected chi connectivity index (χ0v) is 16.3. The third-order valence-electron chi connectivity index (χ3n) is 6.41. The van der Waals surface area contributed by atoms with Crippen LogP contribution in [0.15, 0.2) is 36.4 Å². The van der Waals surface area contributed by atoms with E-state index >= 15 is 0 Å². The number of ether oxygens (including phenoxy) is 2. The van der Waals surface area contributed by atoms with Gasteiger partial charge < -0.3 is 19.9 Å². The van der Waals surface area contributed by atoms with Gasteiger partial charge in [0, 0.05) is 18.0 Å². The van der Waals surface area contributed by atoms with Crippen LogP contribution in [0.3, 0.4) is 0 Å². The molecule has 0 aromatic heterocycles. The second kappa shape index (κ2) is 7.53. The molecule has 0 saturated carbocycles. The Bertz CT molecular complexity index is 819. The van der Waals surface area contributed by atoms with E-state index in [0.717, 1.165) is 50.1 Å². The standard InChI is InChI=1S/C23H29NO3/c1-26-21-12-17-7-5-9-20(18(17)13-22(21)27-2)24-14-23(15-25)11-10-16-6-3-4-8-19(16)23/h3-4,6,8,12-13,20,24-25H,5,7,9-11,14-15H2,1-2H3. The molecule has 27 heavy (non-hydrogen) atoms. The van der Waals surface area contributed by atoms with Gasteiger partial charge in [-0.3, -0.25) is 0 Å². The van der Waals surface area contributed by atoms with Gasteiger partial charge in [-0.05, 0) is 66.5 Å². The first-order chi connectivity index (χ1) is 13.2. The van der Waals surface area contributed by atoms with Gasteiger partial charge in [0.1, 0.15) is 0 Å². The molecule has 2 unspecified atom stereocenters. The van der Waals surface area contributed by atoms with Crippen LogP contribution in [0.2, 0.25) is 0 Å². The van der Waals surface area contributed by atoms with Crippen LogP contribution in [0.25, 0.3) is 0 Å². The number of rotatable bonds is 6. The molecule has 4 rings (SSSR count). The summed E-state index contributed by atoms with van der Waals surface area (Å²) in [5.74, 6) is 1.58. The van der Waals surface area contributed by atoms with Gasteiger partial charge >= 0.3 is 0 Å². The second-order valence-corrected chi connectivity index (χ2v) is 7.83. The van der Waals surface area contributed by atoms with E-state index in [1.165, 1.54) is 22.3 Å². The highest BCUT2D eigenvalue weighted by Crippen LogP contribution is 2.41. The molecule has 2 aromatic carbocycles. The molecule has 0 spiro atoms. The number of aliphatic hydroxyl groups is 1. The summed E-state index contributed by atoms with van der Waals surface area (Å²) in [7, 11) is 3.37. The second-order valence-electron chi connectivity index (χ2n) is 7.83. The fraction of sp³-hybridized carbons (Fsp3) is 0.478. The molecule has 0 saturated heterocycles. The van der Waals surface area contributed by atoms with Crippen LogP contribution >= 0.6 is 0 Å². The Balaban J connectivity index is 1.58. The average molecular weight is 367 g/mol. The summed E-state index contributed by atoms with van der Waals surface area (Å²) in [4.78, 5) is 0. The lowest BCUT2D eigenvalue weighted by molar-refractivity contribution is 0.183. The highest BCUT2D eigenvalue weighted by atomic mass is 16.5. The number of hydrogen-bond donors (Lipinski definition) is 2. The van der Waals surface area contributed by atoms with E-state index in [2.05, 4.69) is 41.7 Å². The van der Waals surface area contributed by atoms with Crippen LogP contribution in [0.5, 0.6) is 11.5 Å². The Morgan fingerprint density at radius 2 is 1.85 bits per heavy atom. The average Bonchev–Trinajstić information content (AvgIpc) is 3.10. The topological polar surface area (TPSA) is 50.7 Å². The maximum absolute atomic E-state index is 10.3. The van der Waals surface area contributed by atoms with Crippen molar-refractivity contribution in [2.45, 2.75) is 43.6 Å². The Kier molecular flexibility index (Phi) is 5.11. The van der Waals surface area contributed by atoms with E-state index in [0.29, 0.717) is 0 Å². The summed E-state index contributed by atoms with van der Waals surface area (Å²) >= 11 is 0. The zero-order valence-electron chi connectivity index (χ0n) is 16.3. The maximum atomic E-state index is 10.3. The van der Waals surface area contributed by atoms with Crippen LogP contribution in [-0.2, 0) is 18.3 Å². The maximum Gasteiger partial charge on any atom is 0.161 e. The molecular formula is C23H29NO3. The van der Waals surface area contributed by atoms with Crippen LogP contribution in [0, 0.1) is 0 Å². The minimum Gasteiger partial charge on any atom is -0.493 e. The lowest BCUT2D eigenvalue weighted by Gasteiger charge is -2.34. The third-order valence-corrected chi connectivity index (χ3v) is 6.41. The van der Waals surface area contributed by atoms with Crippen molar-refractivity contribution in [2.75, 3.05) is 27.4 Å². The molecule has 0 amide bonds. The first kappa shape index (κ1) is 18.3. The molecule has 2 aromatic rings. The Morgan fingerprint density at radius 3 is 2.63 bits per heavy atom. The predicted octanol–water partition coefficient (Wildman–Crippen LogP) is 3.55. The molecule has 2 aliphatic rings. The highest BCUT2D eigenvalue weighted by Gasteiger charge is 2.38. The number of benzene rings is 2. The number of nitrogens with one attached hydrogen (secondary N) is 1. The molecule has 2 aliphatic carbocycles. The van der Waals surface area contributed by atoms with Gasteiger partial charge in [0.2, 0.25) is 0 Å². The quantitative estimate of drug-likeness (QED) is 0.820. The molecule has 144 valence electrons. The predicted molar refractivity (Wildman–Crippen MR) is 107 cm³/mol. The van der Waals surface area contributed by atoms with Crippen molar-refractivity contribution in [2.24, 2.45) is 0 Å². The van der Waals surface area contributed by atoms with Crippen LogP contribution in [0.1, 0.15) is 47.6 Å². The van der Waals surface area contributed by atoms with E-state index in [1.807, 2.05) is 0 Å². The van der Waals surface area contributed by atoms with Crippen molar-refractivity contribution in [3.05, 3.63) is 58.7 Å². The number of aryl methyl sites for hydroxylation is 2. The Morgan fingerprint density at radius 1 is 1.07 bits per heavy atom. The number of hydrogen-bond acceptors (Lipinski definition) is 4. The largest absolute Gasteiger partial charge is 0.493 e. The van der Waals surface area contributed by atoms with E-state index in [4.69, 9.17) is 9.47 Å². The summed E-state index contributed by atoms with van der Waals surface area (Å²) < 4.78 is 11.0. The molecule has 2 atom stereocenters. The van der Waals surface area contributed by atoms with Gasteiger partial charge in [0.15, 0.2) is 11.5 Å². The molecule has 2 N–H and O–H groups in total. The van der Waals surface area contributed by atoms with E-state index in [-0.39, 0.29) is 18.1 Å². The van der Waals surface area contributed by atoms with Crippen molar-refractivity contribution in [3.8, 4) is 11.5 Å². The Labute approximate surface area is 161 Å². The highest BCUT2D eigenvalue weighted by molar-refractivity contribution is 5.49. The number of aliphatic hydroxyl groups excluding tert-OH is 1. The van der Waals surface area contributed by atoms with Gasteiger partial charge in [-0.2, -0.15) is 0 Å². The molecule has 0 fully saturated rings. The van der Waals surface area contributed by atoms with Gasteiger partial charge in [-0.1, -0.05) is 24.3 Å². The SMILES string of the molecule is COc1cc2c(cc1OC)C(NCC1(CO)CCc3ccccc31)CCC2. The summed E-state index contributed by atoms with van der Waals surface area (Å²) in [6, 6.07) is 13.1. The zero-order chi connectivity index (χ0) is 18.9. The molecular weight excluding hydrogens is 338 g/mol. The van der Waals surface area contributed by atoms with Crippen molar-refractivity contribution < 1.29 is 14.6 Å². The molecule has 0 bridgehead atoms. The fourth-order valence-corrected chi connectivity index (χ4v) is 4.83. The summed E-state index contributed by atoms with van der Waals surface area (Å²) in [6.07, 6.45) is 5.38. The lowest BCUT2D eigenvalue weighted by Crippen LogP contribution is -2.41. The normalized spacial score (nSPS) is 23.6. The van der Waals surface area contributed by atoms with Gasteiger partial charge in [-0.25, -0.2) is 0 Å². The summed E-state index contributed by atoms with van der Waals surface area (Å²) in [5, 5.41) is 14.0. The molecule has 0 aliphatic heterocycles. The minimum atomic E-state index is -0.176. The first-order valence-electron chi connectivity index (χ1n) is 9.88. The Hall–Kier alpha value is -2.04. The van der Waals surface area contributed by atoms with Crippen molar-refractivity contribution >= 4 is 0 Å². The smallest absolute Gasteiger partial charge is 0.161 e. The summed E-state index contributed by atoms with van der Waals surface area (Å²) in [6.45, 7) is 0.974. The fourth-order valence-electron chi connectivity index (χ4n) is 4.83. The number of methoxy groups -OCH3 is 2. The van der Waals surface area contributed by atoms with Crippen molar-refractivity contribution in [3.63, 3.8) is 0 Å². The molecule has 4 heteroatoms.